The summed E-state index contributed by atoms with van der Waals surface area (Å²) in [7, 11) is 1.57. The van der Waals surface area contributed by atoms with Crippen molar-refractivity contribution in [2.45, 2.75) is 25.4 Å². The van der Waals surface area contributed by atoms with Gasteiger partial charge in [0.1, 0.15) is 5.75 Å². The molecule has 0 aliphatic carbocycles. The molecule has 0 saturated carbocycles. The summed E-state index contributed by atoms with van der Waals surface area (Å²) in [6, 6.07) is 13.0. The molecule has 2 atom stereocenters. The van der Waals surface area contributed by atoms with Crippen LogP contribution in [0.1, 0.15) is 12.5 Å². The van der Waals surface area contributed by atoms with E-state index in [4.69, 9.17) is 4.74 Å². The highest BCUT2D eigenvalue weighted by Gasteiger charge is 2.55. The molecule has 7 heteroatoms. The number of anilines is 2. The molecule has 1 saturated heterocycles. The Morgan fingerprint density at radius 2 is 1.81 bits per heavy atom. The lowest BCUT2D eigenvalue weighted by Crippen LogP contribution is -2.39. The molecule has 0 N–H and O–H groups in total. The third-order valence-corrected chi connectivity index (χ3v) is 4.70. The van der Waals surface area contributed by atoms with E-state index >= 15 is 0 Å². The van der Waals surface area contributed by atoms with Gasteiger partial charge in [0.05, 0.1) is 18.5 Å². The first-order valence-corrected chi connectivity index (χ1v) is 8.45. The molecule has 0 spiro atoms. The second-order valence-electron chi connectivity index (χ2n) is 6.17. The Bertz CT molecular complexity index is 894. The average molecular weight is 350 g/mol. The van der Waals surface area contributed by atoms with Gasteiger partial charge in [-0.3, -0.25) is 9.59 Å². The zero-order valence-electron chi connectivity index (χ0n) is 14.5. The fourth-order valence-electron chi connectivity index (χ4n) is 3.26. The zero-order valence-corrected chi connectivity index (χ0v) is 14.5. The molecule has 2 aliphatic heterocycles. The third kappa shape index (κ3) is 2.44. The lowest BCUT2D eigenvalue weighted by Gasteiger charge is -2.21. The number of carbonyl (C=O) groups excluding carboxylic acids is 2. The molecule has 26 heavy (non-hydrogen) atoms. The van der Waals surface area contributed by atoms with Crippen LogP contribution in [-0.4, -0.2) is 31.0 Å². The normalized spacial score (nSPS) is 21.5. The van der Waals surface area contributed by atoms with Gasteiger partial charge in [-0.1, -0.05) is 30.3 Å². The number of rotatable bonds is 4. The average Bonchev–Trinajstić information content (AvgIpc) is 3.22. The lowest BCUT2D eigenvalue weighted by atomic mass is 10.1. The Morgan fingerprint density at radius 1 is 1.04 bits per heavy atom. The van der Waals surface area contributed by atoms with E-state index in [1.807, 2.05) is 12.1 Å². The molecule has 2 aliphatic rings. The highest BCUT2D eigenvalue weighted by atomic mass is 16.5. The summed E-state index contributed by atoms with van der Waals surface area (Å²) in [5, 5.41) is 9.60. The van der Waals surface area contributed by atoms with Gasteiger partial charge in [0.15, 0.2) is 12.1 Å². The maximum atomic E-state index is 13.0. The van der Waals surface area contributed by atoms with E-state index in [-0.39, 0.29) is 11.8 Å². The quantitative estimate of drug-likeness (QED) is 0.795. The second-order valence-corrected chi connectivity index (χ2v) is 6.17. The molecule has 0 bridgehead atoms. The Kier molecular flexibility index (Phi) is 3.91. The summed E-state index contributed by atoms with van der Waals surface area (Å²) >= 11 is 0. The van der Waals surface area contributed by atoms with Gasteiger partial charge < -0.3 is 4.74 Å². The van der Waals surface area contributed by atoms with Crippen LogP contribution < -0.4 is 14.6 Å². The largest absolute Gasteiger partial charge is 0.497 e. The molecule has 0 radical (unpaired) electrons. The molecule has 4 rings (SSSR count). The van der Waals surface area contributed by atoms with Crippen LogP contribution >= 0.6 is 0 Å². The van der Waals surface area contributed by atoms with Gasteiger partial charge in [-0.25, -0.2) is 9.91 Å². The minimum absolute atomic E-state index is 0.322. The van der Waals surface area contributed by atoms with Gasteiger partial charge in [0, 0.05) is 6.07 Å². The number of benzene rings is 2. The number of methoxy groups -OCH3 is 1. The smallest absolute Gasteiger partial charge is 0.263 e. The summed E-state index contributed by atoms with van der Waals surface area (Å²) in [6.07, 6.45) is 0.894. The van der Waals surface area contributed by atoms with E-state index < -0.39 is 12.1 Å². The molecule has 7 nitrogen and oxygen atoms in total. The predicted molar refractivity (Wildman–Crippen MR) is 96.2 cm³/mol. The van der Waals surface area contributed by atoms with Crippen molar-refractivity contribution in [3.8, 4) is 5.75 Å². The molecule has 2 unspecified atom stereocenters. The van der Waals surface area contributed by atoms with Gasteiger partial charge in [-0.05, 0) is 36.2 Å². The first-order valence-electron chi connectivity index (χ1n) is 8.45. The first-order chi connectivity index (χ1) is 12.6. The van der Waals surface area contributed by atoms with E-state index in [0.717, 1.165) is 12.0 Å². The van der Waals surface area contributed by atoms with Crippen LogP contribution in [0.15, 0.2) is 58.9 Å². The Labute approximate surface area is 150 Å². The SMILES string of the molecule is CCc1ccc(N2C(=O)C3N=NN(c4cccc(OC)c4)C3C2=O)cc1. The van der Waals surface area contributed by atoms with Crippen molar-refractivity contribution < 1.29 is 14.3 Å². The highest BCUT2D eigenvalue weighted by Crippen LogP contribution is 2.35. The highest BCUT2D eigenvalue weighted by molar-refractivity contribution is 6.26. The van der Waals surface area contributed by atoms with Gasteiger partial charge in [0.25, 0.3) is 11.8 Å². The topological polar surface area (TPSA) is 74.6 Å². The number of hydrogen-bond acceptors (Lipinski definition) is 6. The fraction of sp³-hybridized carbons (Fsp3) is 0.263. The van der Waals surface area contributed by atoms with E-state index in [1.54, 1.807) is 43.5 Å². The van der Waals surface area contributed by atoms with Crippen molar-refractivity contribution in [1.29, 1.82) is 0 Å². The van der Waals surface area contributed by atoms with Crippen molar-refractivity contribution >= 4 is 23.2 Å². The predicted octanol–water partition coefficient (Wildman–Crippen LogP) is 2.76. The number of hydrogen-bond donors (Lipinski definition) is 0. The van der Waals surface area contributed by atoms with Crippen molar-refractivity contribution in [2.75, 3.05) is 17.0 Å². The van der Waals surface area contributed by atoms with Crippen LogP contribution in [0.2, 0.25) is 0 Å². The molecular formula is C19H18N4O3. The summed E-state index contributed by atoms with van der Waals surface area (Å²) in [5.74, 6) is -0.0274. The molecule has 2 aromatic carbocycles. The molecule has 1 fully saturated rings. The summed E-state index contributed by atoms with van der Waals surface area (Å²) in [4.78, 5) is 27.0. The number of imide groups is 1. The Morgan fingerprint density at radius 3 is 2.50 bits per heavy atom. The number of ether oxygens (including phenoxy) is 1. The molecule has 132 valence electrons. The molecular weight excluding hydrogens is 332 g/mol. The molecule has 2 aromatic rings. The standard InChI is InChI=1S/C19H18N4O3/c1-3-12-7-9-13(10-8-12)22-18(24)16-17(19(22)25)23(21-20-16)14-5-4-6-15(11-14)26-2/h4-11,16-17H,3H2,1-2H3. The summed E-state index contributed by atoms with van der Waals surface area (Å²) in [5.41, 5.74) is 2.36. The lowest BCUT2D eigenvalue weighted by molar-refractivity contribution is -0.121. The Balaban J connectivity index is 1.66. The van der Waals surface area contributed by atoms with Gasteiger partial charge in [0.2, 0.25) is 0 Å². The first kappa shape index (κ1) is 16.3. The van der Waals surface area contributed by atoms with Crippen molar-refractivity contribution in [3.05, 3.63) is 54.1 Å². The van der Waals surface area contributed by atoms with Crippen LogP contribution in [0.3, 0.4) is 0 Å². The van der Waals surface area contributed by atoms with Crippen LogP contribution in [0.5, 0.6) is 5.75 Å². The third-order valence-electron chi connectivity index (χ3n) is 4.70. The minimum Gasteiger partial charge on any atom is -0.497 e. The zero-order chi connectivity index (χ0) is 18.3. The van der Waals surface area contributed by atoms with Crippen molar-refractivity contribution in [1.82, 2.24) is 0 Å². The van der Waals surface area contributed by atoms with Crippen LogP contribution in [0.4, 0.5) is 11.4 Å². The van der Waals surface area contributed by atoms with Crippen LogP contribution in [0, 0.1) is 0 Å². The van der Waals surface area contributed by atoms with E-state index in [1.165, 1.54) is 9.91 Å². The number of nitrogens with zero attached hydrogens (tertiary/aromatic N) is 4. The van der Waals surface area contributed by atoms with Gasteiger partial charge in [-0.2, -0.15) is 5.11 Å². The second kappa shape index (κ2) is 6.25. The van der Waals surface area contributed by atoms with Crippen molar-refractivity contribution in [3.63, 3.8) is 0 Å². The van der Waals surface area contributed by atoms with E-state index in [2.05, 4.69) is 17.3 Å². The van der Waals surface area contributed by atoms with Crippen LogP contribution in [-0.2, 0) is 16.0 Å². The summed E-state index contributed by atoms with van der Waals surface area (Å²) < 4.78 is 5.22. The van der Waals surface area contributed by atoms with E-state index in [9.17, 15) is 9.59 Å². The van der Waals surface area contributed by atoms with Crippen molar-refractivity contribution in [2.24, 2.45) is 10.3 Å². The summed E-state index contributed by atoms with van der Waals surface area (Å²) in [6.45, 7) is 2.05. The fourth-order valence-corrected chi connectivity index (χ4v) is 3.26. The van der Waals surface area contributed by atoms with Crippen LogP contribution in [0.25, 0.3) is 0 Å². The van der Waals surface area contributed by atoms with Gasteiger partial charge >= 0.3 is 0 Å². The Hall–Kier alpha value is -3.22. The number of carbonyl (C=O) groups is 2. The number of aryl methyl sites for hydroxylation is 1. The van der Waals surface area contributed by atoms with E-state index in [0.29, 0.717) is 17.1 Å². The molecule has 0 aromatic heterocycles. The molecule has 2 amide bonds. The van der Waals surface area contributed by atoms with Gasteiger partial charge in [-0.15, -0.1) is 0 Å². The maximum absolute atomic E-state index is 13.0. The molecule has 2 heterocycles. The number of fused-ring (bicyclic) bond motifs is 1. The maximum Gasteiger partial charge on any atom is 0.263 e. The number of amides is 2. The monoisotopic (exact) mass is 350 g/mol. The minimum atomic E-state index is -0.820.